The molecule has 0 amide bonds. The summed E-state index contributed by atoms with van der Waals surface area (Å²) in [5.74, 6) is 0.310. The molecule has 0 aliphatic carbocycles. The second-order valence-corrected chi connectivity index (χ2v) is 5.62. The molecule has 0 radical (unpaired) electrons. The monoisotopic (exact) mass is 358 g/mol. The van der Waals surface area contributed by atoms with E-state index in [0.717, 1.165) is 0 Å². The Hall–Kier alpha value is -3.13. The Labute approximate surface area is 150 Å². The predicted molar refractivity (Wildman–Crippen MR) is 94.1 cm³/mol. The summed E-state index contributed by atoms with van der Waals surface area (Å²) in [6.07, 6.45) is 0. The number of non-ortho nitro benzene ring substituents is 1. The van der Waals surface area contributed by atoms with E-state index >= 15 is 0 Å². The van der Waals surface area contributed by atoms with Crippen molar-refractivity contribution in [3.05, 3.63) is 58.1 Å². The minimum absolute atomic E-state index is 0.150. The lowest BCUT2D eigenvalue weighted by atomic mass is 10.1. The second-order valence-electron chi connectivity index (χ2n) is 5.62. The first-order chi connectivity index (χ1) is 12.6. The molecule has 8 nitrogen and oxygen atoms in total. The van der Waals surface area contributed by atoms with Crippen molar-refractivity contribution in [3.63, 3.8) is 0 Å². The number of carbonyl (C=O) groups is 1. The highest BCUT2D eigenvalue weighted by atomic mass is 16.6. The van der Waals surface area contributed by atoms with Crippen molar-refractivity contribution in [3.8, 4) is 11.5 Å². The highest BCUT2D eigenvalue weighted by Gasteiger charge is 2.23. The van der Waals surface area contributed by atoms with Crippen molar-refractivity contribution < 1.29 is 23.9 Å². The molecule has 0 saturated carbocycles. The van der Waals surface area contributed by atoms with Crippen LogP contribution in [-0.4, -0.2) is 44.3 Å². The number of hydrogen-bond donors (Lipinski definition) is 0. The summed E-state index contributed by atoms with van der Waals surface area (Å²) in [4.78, 5) is 25.2. The fourth-order valence-corrected chi connectivity index (χ4v) is 2.69. The van der Waals surface area contributed by atoms with Crippen molar-refractivity contribution in [1.82, 2.24) is 0 Å². The van der Waals surface area contributed by atoms with Crippen LogP contribution in [0, 0.1) is 10.1 Å². The lowest BCUT2D eigenvalue weighted by Gasteiger charge is -2.30. The number of rotatable bonds is 5. The number of carbonyl (C=O) groups excluding carboxylic acids is 1. The van der Waals surface area contributed by atoms with Crippen LogP contribution in [0.5, 0.6) is 11.5 Å². The summed E-state index contributed by atoms with van der Waals surface area (Å²) in [5.41, 5.74) is 0.582. The molecular weight excluding hydrogens is 340 g/mol. The normalized spacial score (nSPS) is 14.0. The number of nitrogens with zero attached hydrogens (tertiary/aromatic N) is 2. The largest absolute Gasteiger partial charge is 0.497 e. The van der Waals surface area contributed by atoms with Crippen LogP contribution < -0.4 is 14.4 Å². The van der Waals surface area contributed by atoms with Crippen molar-refractivity contribution in [2.45, 2.75) is 0 Å². The number of nitro groups is 1. The summed E-state index contributed by atoms with van der Waals surface area (Å²) in [6.45, 7) is 2.26. The summed E-state index contributed by atoms with van der Waals surface area (Å²) in [7, 11) is 1.54. The average Bonchev–Trinajstić information content (AvgIpc) is 2.68. The molecule has 136 valence electrons. The molecule has 0 atom stereocenters. The number of nitro benzene ring substituents is 1. The fraction of sp³-hybridized carbons (Fsp3) is 0.278. The number of methoxy groups -OCH3 is 1. The van der Waals surface area contributed by atoms with Gasteiger partial charge in [-0.1, -0.05) is 0 Å². The first-order valence-electron chi connectivity index (χ1n) is 8.06. The van der Waals surface area contributed by atoms with E-state index in [1.165, 1.54) is 12.1 Å². The van der Waals surface area contributed by atoms with Crippen LogP contribution in [0.1, 0.15) is 10.4 Å². The van der Waals surface area contributed by atoms with E-state index in [1.807, 2.05) is 4.90 Å². The molecule has 1 aliphatic heterocycles. The van der Waals surface area contributed by atoms with Gasteiger partial charge >= 0.3 is 5.97 Å². The number of ether oxygens (including phenoxy) is 3. The van der Waals surface area contributed by atoms with Gasteiger partial charge in [0.2, 0.25) is 0 Å². The van der Waals surface area contributed by atoms with Gasteiger partial charge in [-0.05, 0) is 30.3 Å². The zero-order chi connectivity index (χ0) is 18.5. The molecular formula is C18H18N2O6. The molecule has 1 heterocycles. The Morgan fingerprint density at radius 3 is 2.38 bits per heavy atom. The standard InChI is InChI=1S/C18H18N2O6/c1-24-14-3-5-15(6-4-14)26-18(21)16-12-13(20(22)23)2-7-17(16)19-8-10-25-11-9-19/h2-7,12H,8-11H2,1H3. The van der Waals surface area contributed by atoms with Gasteiger partial charge in [-0.2, -0.15) is 0 Å². The van der Waals surface area contributed by atoms with E-state index in [2.05, 4.69) is 0 Å². The van der Waals surface area contributed by atoms with Gasteiger partial charge in [-0.15, -0.1) is 0 Å². The van der Waals surface area contributed by atoms with E-state index in [4.69, 9.17) is 14.2 Å². The van der Waals surface area contributed by atoms with Gasteiger partial charge in [0.15, 0.2) is 0 Å². The van der Waals surface area contributed by atoms with Crippen LogP contribution in [0.2, 0.25) is 0 Å². The number of hydrogen-bond acceptors (Lipinski definition) is 7. The molecule has 0 N–H and O–H groups in total. The van der Waals surface area contributed by atoms with Gasteiger partial charge in [0.1, 0.15) is 11.5 Å². The van der Waals surface area contributed by atoms with Gasteiger partial charge in [-0.3, -0.25) is 10.1 Å². The summed E-state index contributed by atoms with van der Waals surface area (Å²) >= 11 is 0. The Bertz CT molecular complexity index is 800. The van der Waals surface area contributed by atoms with Crippen LogP contribution in [0.25, 0.3) is 0 Å². The summed E-state index contributed by atoms with van der Waals surface area (Å²) in [6, 6.07) is 10.7. The lowest BCUT2D eigenvalue weighted by molar-refractivity contribution is -0.384. The molecule has 3 rings (SSSR count). The lowest BCUT2D eigenvalue weighted by Crippen LogP contribution is -2.37. The highest BCUT2D eigenvalue weighted by Crippen LogP contribution is 2.28. The third-order valence-electron chi connectivity index (χ3n) is 4.03. The van der Waals surface area contributed by atoms with Crippen molar-refractivity contribution in [2.75, 3.05) is 38.3 Å². The van der Waals surface area contributed by atoms with E-state index in [1.54, 1.807) is 37.4 Å². The molecule has 0 spiro atoms. The van der Waals surface area contributed by atoms with Gasteiger partial charge in [0, 0.05) is 25.2 Å². The maximum Gasteiger partial charge on any atom is 0.345 e. The van der Waals surface area contributed by atoms with Crippen molar-refractivity contribution in [2.24, 2.45) is 0 Å². The van der Waals surface area contributed by atoms with E-state index in [-0.39, 0.29) is 11.3 Å². The molecule has 2 aromatic carbocycles. The van der Waals surface area contributed by atoms with Crippen LogP contribution in [0.15, 0.2) is 42.5 Å². The molecule has 1 saturated heterocycles. The Kier molecular flexibility index (Phi) is 5.33. The number of esters is 1. The number of morpholine rings is 1. The number of anilines is 1. The highest BCUT2D eigenvalue weighted by molar-refractivity contribution is 5.98. The first-order valence-corrected chi connectivity index (χ1v) is 8.06. The minimum atomic E-state index is -0.652. The minimum Gasteiger partial charge on any atom is -0.497 e. The average molecular weight is 358 g/mol. The number of benzene rings is 2. The third-order valence-corrected chi connectivity index (χ3v) is 4.03. The predicted octanol–water partition coefficient (Wildman–Crippen LogP) is 2.66. The van der Waals surface area contributed by atoms with E-state index in [0.29, 0.717) is 43.5 Å². The van der Waals surface area contributed by atoms with Gasteiger partial charge < -0.3 is 19.1 Å². The van der Waals surface area contributed by atoms with E-state index < -0.39 is 10.9 Å². The Morgan fingerprint density at radius 2 is 1.77 bits per heavy atom. The maximum atomic E-state index is 12.7. The van der Waals surface area contributed by atoms with Crippen LogP contribution in [0.4, 0.5) is 11.4 Å². The van der Waals surface area contributed by atoms with Gasteiger partial charge in [0.05, 0.1) is 36.5 Å². The Balaban J connectivity index is 1.90. The molecule has 2 aromatic rings. The van der Waals surface area contributed by atoms with Crippen LogP contribution >= 0.6 is 0 Å². The zero-order valence-corrected chi connectivity index (χ0v) is 14.2. The maximum absolute atomic E-state index is 12.7. The van der Waals surface area contributed by atoms with Crippen LogP contribution in [0.3, 0.4) is 0 Å². The quantitative estimate of drug-likeness (QED) is 0.351. The van der Waals surface area contributed by atoms with Crippen molar-refractivity contribution >= 4 is 17.3 Å². The van der Waals surface area contributed by atoms with E-state index in [9.17, 15) is 14.9 Å². The molecule has 0 aromatic heterocycles. The van der Waals surface area contributed by atoms with Gasteiger partial charge in [0.25, 0.3) is 5.69 Å². The van der Waals surface area contributed by atoms with Gasteiger partial charge in [-0.25, -0.2) is 4.79 Å². The Morgan fingerprint density at radius 1 is 1.12 bits per heavy atom. The van der Waals surface area contributed by atoms with Crippen molar-refractivity contribution in [1.29, 1.82) is 0 Å². The van der Waals surface area contributed by atoms with Crippen LogP contribution in [-0.2, 0) is 4.74 Å². The topological polar surface area (TPSA) is 91.1 Å². The molecule has 1 fully saturated rings. The SMILES string of the molecule is COc1ccc(OC(=O)c2cc([N+](=O)[O-])ccc2N2CCOCC2)cc1. The molecule has 1 aliphatic rings. The first kappa shape index (κ1) is 17.7. The second kappa shape index (κ2) is 7.83. The zero-order valence-electron chi connectivity index (χ0n) is 14.2. The fourth-order valence-electron chi connectivity index (χ4n) is 2.69. The molecule has 0 unspecified atom stereocenters. The third kappa shape index (κ3) is 3.92. The smallest absolute Gasteiger partial charge is 0.345 e. The summed E-state index contributed by atoms with van der Waals surface area (Å²) < 4.78 is 15.8. The summed E-state index contributed by atoms with van der Waals surface area (Å²) in [5, 5.41) is 11.1. The molecule has 0 bridgehead atoms. The molecule has 8 heteroatoms. The molecule has 26 heavy (non-hydrogen) atoms.